The highest BCUT2D eigenvalue weighted by Gasteiger charge is 2.27. The Morgan fingerprint density at radius 3 is 2.23 bits per heavy atom. The van der Waals surface area contributed by atoms with Crippen LogP contribution in [0.25, 0.3) is 0 Å². The second kappa shape index (κ2) is 14.8. The normalized spacial score (nSPS) is 11.7. The van der Waals surface area contributed by atoms with Gasteiger partial charge in [-0.05, 0) is 82.1 Å². The predicted octanol–water partition coefficient (Wildman–Crippen LogP) is 6.03. The average molecular weight is 629 g/mol. The number of aryl methyl sites for hydroxylation is 2. The molecule has 234 valence electrons. The molecule has 44 heavy (non-hydrogen) atoms. The third kappa shape index (κ3) is 9.01. The topological polar surface area (TPSA) is 131 Å². The number of hydrogen-bond acceptors (Lipinski definition) is 8. The lowest BCUT2D eigenvalue weighted by atomic mass is 9.99. The van der Waals surface area contributed by atoms with Crippen LogP contribution >= 0.6 is 11.6 Å². The van der Waals surface area contributed by atoms with Gasteiger partial charge in [0.05, 0.1) is 23.0 Å². The zero-order valence-electron chi connectivity index (χ0n) is 25.0. The van der Waals surface area contributed by atoms with Gasteiger partial charge in [-0.25, -0.2) is 23.7 Å². The molecule has 0 bridgehead atoms. The van der Waals surface area contributed by atoms with Crippen molar-refractivity contribution in [1.29, 1.82) is 0 Å². The Balaban J connectivity index is 1.75. The van der Waals surface area contributed by atoms with Crippen LogP contribution in [-0.4, -0.2) is 60.5 Å². The van der Waals surface area contributed by atoms with E-state index in [1.54, 1.807) is 39.8 Å². The molecule has 0 spiro atoms. The summed E-state index contributed by atoms with van der Waals surface area (Å²) in [5, 5.41) is 11.8. The molecule has 0 radical (unpaired) electrons. The quantitative estimate of drug-likeness (QED) is 0.120. The van der Waals surface area contributed by atoms with E-state index in [4.69, 9.17) is 25.8 Å². The summed E-state index contributed by atoms with van der Waals surface area (Å²) in [5.41, 5.74) is 1.57. The number of rotatable bonds is 10. The number of alkyl carbamates (subject to hydrolysis) is 1. The van der Waals surface area contributed by atoms with Crippen molar-refractivity contribution < 1.29 is 42.9 Å². The number of ketones is 1. The van der Waals surface area contributed by atoms with Crippen molar-refractivity contribution in [3.05, 3.63) is 93.8 Å². The van der Waals surface area contributed by atoms with Crippen molar-refractivity contribution in [2.24, 2.45) is 0 Å². The fourth-order valence-corrected chi connectivity index (χ4v) is 4.34. The fourth-order valence-electron chi connectivity index (χ4n) is 4.08. The Morgan fingerprint density at radius 1 is 0.932 bits per heavy atom. The molecule has 1 atom stereocenters. The molecule has 3 aromatic rings. The highest BCUT2D eigenvalue weighted by Crippen LogP contribution is 2.33. The van der Waals surface area contributed by atoms with Crippen LogP contribution in [0.5, 0.6) is 0 Å². The minimum Gasteiger partial charge on any atom is -0.460 e. The Morgan fingerprint density at radius 2 is 1.61 bits per heavy atom. The lowest BCUT2D eigenvalue weighted by Crippen LogP contribution is -2.46. The van der Waals surface area contributed by atoms with Crippen molar-refractivity contribution >= 4 is 46.9 Å². The highest BCUT2D eigenvalue weighted by atomic mass is 35.5. The molecule has 0 unspecified atom stereocenters. The van der Waals surface area contributed by atoms with Gasteiger partial charge in [-0.2, -0.15) is 0 Å². The van der Waals surface area contributed by atoms with E-state index in [9.17, 15) is 28.7 Å². The number of anilines is 2. The van der Waals surface area contributed by atoms with Gasteiger partial charge in [0, 0.05) is 11.1 Å². The first-order valence-electron chi connectivity index (χ1n) is 13.6. The number of nitrogens with one attached hydrogen (secondary N) is 1. The summed E-state index contributed by atoms with van der Waals surface area (Å²) in [5.74, 6) is -1.78. The molecule has 0 saturated heterocycles. The molecule has 2 N–H and O–H groups in total. The highest BCUT2D eigenvalue weighted by molar-refractivity contribution is 6.35. The van der Waals surface area contributed by atoms with E-state index in [2.05, 4.69) is 5.32 Å². The molecule has 0 aliphatic heterocycles. The second-order valence-corrected chi connectivity index (χ2v) is 11.1. The Hall–Kier alpha value is -4.48. The van der Waals surface area contributed by atoms with E-state index in [1.807, 2.05) is 19.1 Å². The van der Waals surface area contributed by atoms with E-state index in [-0.39, 0.29) is 27.7 Å². The predicted molar refractivity (Wildman–Crippen MR) is 162 cm³/mol. The van der Waals surface area contributed by atoms with Crippen LogP contribution in [0, 0.1) is 19.7 Å². The first-order valence-corrected chi connectivity index (χ1v) is 14.0. The molecular formula is C32H34ClFN2O8. The SMILES string of the molecule is Cc1ccccc1C(=O)c1ccc(N(C(=O)OCCOC(=O)[C@H](CO)NC(=O)OC(C)(C)C)c2ccc(F)cc2C)cc1Cl. The first kappa shape index (κ1) is 34.0. The summed E-state index contributed by atoms with van der Waals surface area (Å²) in [6, 6.07) is 13.9. The van der Waals surface area contributed by atoms with Crippen LogP contribution in [0.4, 0.5) is 25.4 Å². The van der Waals surface area contributed by atoms with Gasteiger partial charge in [0.2, 0.25) is 0 Å². The summed E-state index contributed by atoms with van der Waals surface area (Å²) in [6.45, 7) is 6.76. The molecule has 10 nitrogen and oxygen atoms in total. The second-order valence-electron chi connectivity index (χ2n) is 10.7. The van der Waals surface area contributed by atoms with Crippen LogP contribution in [0.15, 0.2) is 60.7 Å². The Bertz CT molecular complexity index is 1540. The van der Waals surface area contributed by atoms with Crippen LogP contribution in [0.3, 0.4) is 0 Å². The van der Waals surface area contributed by atoms with Gasteiger partial charge < -0.3 is 24.6 Å². The van der Waals surface area contributed by atoms with Gasteiger partial charge in [-0.15, -0.1) is 0 Å². The molecular weight excluding hydrogens is 595 g/mol. The number of carbonyl (C=O) groups is 4. The largest absolute Gasteiger partial charge is 0.460 e. The maximum absolute atomic E-state index is 13.9. The van der Waals surface area contributed by atoms with E-state index >= 15 is 0 Å². The van der Waals surface area contributed by atoms with Gasteiger partial charge in [0.25, 0.3) is 0 Å². The number of amides is 2. The monoisotopic (exact) mass is 628 g/mol. The summed E-state index contributed by atoms with van der Waals surface area (Å²) in [6.07, 6.45) is -1.83. The minimum atomic E-state index is -1.40. The van der Waals surface area contributed by atoms with E-state index in [1.165, 1.54) is 36.4 Å². The number of ether oxygens (including phenoxy) is 3. The first-order chi connectivity index (χ1) is 20.7. The number of benzene rings is 3. The summed E-state index contributed by atoms with van der Waals surface area (Å²) < 4.78 is 29.4. The standard InChI is InChI=1S/C32H34ClFN2O8/c1-19-8-6-7-9-23(19)28(38)24-12-11-22(17-25(24)33)36(27-13-10-21(34)16-20(27)2)31(41)43-15-14-42-29(39)26(18-37)35-30(40)44-32(3,4)5/h6-13,16-17,26,37H,14-15,18H2,1-5H3,(H,35,40)/t26-/m0/s1. The van der Waals surface area contributed by atoms with Crippen LogP contribution in [-0.2, 0) is 19.0 Å². The van der Waals surface area contributed by atoms with E-state index < -0.39 is 55.4 Å². The lowest BCUT2D eigenvalue weighted by Gasteiger charge is -2.25. The van der Waals surface area contributed by atoms with Gasteiger partial charge in [-0.1, -0.05) is 35.9 Å². The molecule has 3 aromatic carbocycles. The van der Waals surface area contributed by atoms with Crippen molar-refractivity contribution in [1.82, 2.24) is 5.32 Å². The van der Waals surface area contributed by atoms with Crippen molar-refractivity contribution in [3.63, 3.8) is 0 Å². The number of esters is 1. The molecule has 2 amide bonds. The zero-order chi connectivity index (χ0) is 32.6. The molecule has 0 fully saturated rings. The summed E-state index contributed by atoms with van der Waals surface area (Å²) >= 11 is 6.53. The molecule has 0 saturated carbocycles. The molecule has 0 aromatic heterocycles. The molecule has 12 heteroatoms. The number of carbonyl (C=O) groups excluding carboxylic acids is 4. The maximum atomic E-state index is 13.9. The number of aliphatic hydroxyl groups excluding tert-OH is 1. The van der Waals surface area contributed by atoms with Crippen molar-refractivity contribution in [3.8, 4) is 0 Å². The van der Waals surface area contributed by atoms with E-state index in [0.29, 0.717) is 11.1 Å². The number of aliphatic hydroxyl groups is 1. The van der Waals surface area contributed by atoms with Gasteiger partial charge in [0.15, 0.2) is 11.8 Å². The smallest absolute Gasteiger partial charge is 0.419 e. The van der Waals surface area contributed by atoms with E-state index in [0.717, 1.165) is 10.5 Å². The van der Waals surface area contributed by atoms with Crippen LogP contribution < -0.4 is 10.2 Å². The third-order valence-electron chi connectivity index (χ3n) is 6.14. The Labute approximate surface area is 259 Å². The third-order valence-corrected chi connectivity index (χ3v) is 6.45. The van der Waals surface area contributed by atoms with Gasteiger partial charge in [-0.3, -0.25) is 4.79 Å². The molecule has 0 heterocycles. The van der Waals surface area contributed by atoms with Crippen LogP contribution in [0.2, 0.25) is 5.02 Å². The summed E-state index contributed by atoms with van der Waals surface area (Å²) in [7, 11) is 0. The zero-order valence-corrected chi connectivity index (χ0v) is 25.7. The number of nitrogens with zero attached hydrogens (tertiary/aromatic N) is 1. The lowest BCUT2D eigenvalue weighted by molar-refractivity contribution is -0.148. The van der Waals surface area contributed by atoms with Crippen molar-refractivity contribution in [2.75, 3.05) is 24.7 Å². The molecule has 0 aliphatic carbocycles. The molecule has 0 aliphatic rings. The van der Waals surface area contributed by atoms with Gasteiger partial charge >= 0.3 is 18.2 Å². The van der Waals surface area contributed by atoms with Crippen molar-refractivity contribution in [2.45, 2.75) is 46.3 Å². The van der Waals surface area contributed by atoms with Gasteiger partial charge in [0.1, 0.15) is 24.6 Å². The fraction of sp³-hybridized carbons (Fsp3) is 0.312. The Kier molecular flexibility index (Phi) is 11.4. The number of halogens is 2. The summed E-state index contributed by atoms with van der Waals surface area (Å²) in [4.78, 5) is 51.9. The molecule has 3 rings (SSSR count). The number of hydrogen-bond donors (Lipinski definition) is 2. The maximum Gasteiger partial charge on any atom is 0.419 e. The van der Waals surface area contributed by atoms with Crippen LogP contribution in [0.1, 0.15) is 47.8 Å². The minimum absolute atomic E-state index is 0.0785. The average Bonchev–Trinajstić information content (AvgIpc) is 2.94.